The predicted molar refractivity (Wildman–Crippen MR) is 72.2 cm³/mol. The SMILES string of the molecule is CC(C)Oc1ccc(C(=O)Nc2ncccn2)cc1. The number of rotatable bonds is 4. The molecule has 19 heavy (non-hydrogen) atoms. The normalized spacial score (nSPS) is 10.3. The van der Waals surface area contributed by atoms with Gasteiger partial charge in [0.25, 0.3) is 5.91 Å². The van der Waals surface area contributed by atoms with Gasteiger partial charge in [-0.25, -0.2) is 9.97 Å². The van der Waals surface area contributed by atoms with Crippen molar-refractivity contribution in [2.75, 3.05) is 5.32 Å². The highest BCUT2D eigenvalue weighted by Crippen LogP contribution is 2.14. The van der Waals surface area contributed by atoms with Gasteiger partial charge >= 0.3 is 0 Å². The van der Waals surface area contributed by atoms with Crippen molar-refractivity contribution >= 4 is 11.9 Å². The zero-order chi connectivity index (χ0) is 13.7. The number of hydrogen-bond acceptors (Lipinski definition) is 4. The molecule has 2 aromatic rings. The number of benzene rings is 1. The maximum absolute atomic E-state index is 11.9. The van der Waals surface area contributed by atoms with Crippen molar-refractivity contribution in [1.29, 1.82) is 0 Å². The average molecular weight is 257 g/mol. The first-order valence-electron chi connectivity index (χ1n) is 6.00. The highest BCUT2D eigenvalue weighted by atomic mass is 16.5. The van der Waals surface area contributed by atoms with E-state index in [1.807, 2.05) is 13.8 Å². The molecule has 0 fully saturated rings. The standard InChI is InChI=1S/C14H15N3O2/c1-10(2)19-12-6-4-11(5-7-12)13(18)17-14-15-8-3-9-16-14/h3-10H,1-2H3,(H,15,16,17,18). The van der Waals surface area contributed by atoms with Gasteiger partial charge in [0.15, 0.2) is 0 Å². The Bertz CT molecular complexity index is 538. The lowest BCUT2D eigenvalue weighted by atomic mass is 10.2. The summed E-state index contributed by atoms with van der Waals surface area (Å²) in [7, 11) is 0. The second-order valence-corrected chi connectivity index (χ2v) is 4.22. The molecule has 1 amide bonds. The maximum atomic E-state index is 11.9. The van der Waals surface area contributed by atoms with E-state index in [-0.39, 0.29) is 18.0 Å². The highest BCUT2D eigenvalue weighted by Gasteiger charge is 2.07. The van der Waals surface area contributed by atoms with Gasteiger partial charge in [0, 0.05) is 18.0 Å². The zero-order valence-corrected chi connectivity index (χ0v) is 10.8. The average Bonchev–Trinajstić information content (AvgIpc) is 2.40. The lowest BCUT2D eigenvalue weighted by Crippen LogP contribution is -2.14. The van der Waals surface area contributed by atoms with Crippen LogP contribution in [0.25, 0.3) is 0 Å². The number of nitrogens with one attached hydrogen (secondary N) is 1. The van der Waals surface area contributed by atoms with Gasteiger partial charge in [-0.3, -0.25) is 10.1 Å². The zero-order valence-electron chi connectivity index (χ0n) is 10.8. The molecular formula is C14H15N3O2. The number of nitrogens with zero attached hydrogens (tertiary/aromatic N) is 2. The molecule has 5 nitrogen and oxygen atoms in total. The van der Waals surface area contributed by atoms with Gasteiger partial charge in [-0.05, 0) is 44.2 Å². The third kappa shape index (κ3) is 3.77. The number of amides is 1. The minimum absolute atomic E-state index is 0.109. The Labute approximate surface area is 111 Å². The summed E-state index contributed by atoms with van der Waals surface area (Å²) in [5.74, 6) is 0.778. The van der Waals surface area contributed by atoms with Crippen LogP contribution in [0.15, 0.2) is 42.7 Å². The van der Waals surface area contributed by atoms with Crippen LogP contribution in [0.3, 0.4) is 0 Å². The van der Waals surface area contributed by atoms with E-state index in [4.69, 9.17) is 4.74 Å². The van der Waals surface area contributed by atoms with E-state index in [1.54, 1.807) is 42.7 Å². The predicted octanol–water partition coefficient (Wildman–Crippen LogP) is 2.52. The number of carbonyl (C=O) groups excluding carboxylic acids is 1. The van der Waals surface area contributed by atoms with E-state index in [2.05, 4.69) is 15.3 Å². The van der Waals surface area contributed by atoms with E-state index in [9.17, 15) is 4.79 Å². The molecule has 1 heterocycles. The van der Waals surface area contributed by atoms with Crippen molar-refractivity contribution in [3.63, 3.8) is 0 Å². The summed E-state index contributed by atoms with van der Waals surface area (Å²) < 4.78 is 5.51. The molecule has 0 aliphatic heterocycles. The Morgan fingerprint density at radius 2 is 1.79 bits per heavy atom. The van der Waals surface area contributed by atoms with Crippen molar-refractivity contribution in [1.82, 2.24) is 9.97 Å². The number of hydrogen-bond donors (Lipinski definition) is 1. The first-order chi connectivity index (χ1) is 9.15. The first-order valence-corrected chi connectivity index (χ1v) is 6.00. The number of carbonyl (C=O) groups is 1. The van der Waals surface area contributed by atoms with Crippen molar-refractivity contribution in [3.05, 3.63) is 48.3 Å². The smallest absolute Gasteiger partial charge is 0.258 e. The number of anilines is 1. The molecule has 98 valence electrons. The largest absolute Gasteiger partial charge is 0.491 e. The molecule has 1 aromatic heterocycles. The molecule has 2 rings (SSSR count). The van der Waals surface area contributed by atoms with Crippen molar-refractivity contribution in [2.24, 2.45) is 0 Å². The van der Waals surface area contributed by atoms with Crippen LogP contribution in [0, 0.1) is 0 Å². The lowest BCUT2D eigenvalue weighted by Gasteiger charge is -2.09. The minimum Gasteiger partial charge on any atom is -0.491 e. The minimum atomic E-state index is -0.248. The lowest BCUT2D eigenvalue weighted by molar-refractivity contribution is 0.102. The Hall–Kier alpha value is -2.43. The van der Waals surface area contributed by atoms with Crippen molar-refractivity contribution in [2.45, 2.75) is 20.0 Å². The van der Waals surface area contributed by atoms with Crippen LogP contribution in [0.4, 0.5) is 5.95 Å². The topological polar surface area (TPSA) is 64.1 Å². The highest BCUT2D eigenvalue weighted by molar-refractivity contribution is 6.03. The molecule has 1 N–H and O–H groups in total. The van der Waals surface area contributed by atoms with Crippen LogP contribution in [0.5, 0.6) is 5.75 Å². The fourth-order valence-corrected chi connectivity index (χ4v) is 1.49. The number of ether oxygens (including phenoxy) is 1. The monoisotopic (exact) mass is 257 g/mol. The molecule has 0 aliphatic rings. The molecule has 0 radical (unpaired) electrons. The van der Waals surface area contributed by atoms with E-state index in [1.165, 1.54) is 0 Å². The third-order valence-corrected chi connectivity index (χ3v) is 2.28. The van der Waals surface area contributed by atoms with Gasteiger partial charge in [-0.1, -0.05) is 0 Å². The van der Waals surface area contributed by atoms with Crippen LogP contribution in [-0.2, 0) is 0 Å². The summed E-state index contributed by atoms with van der Waals surface area (Å²) in [6.45, 7) is 3.90. The Morgan fingerprint density at radius 3 is 2.37 bits per heavy atom. The van der Waals surface area contributed by atoms with Gasteiger partial charge in [0.2, 0.25) is 5.95 Å². The van der Waals surface area contributed by atoms with Crippen LogP contribution in [0.2, 0.25) is 0 Å². The van der Waals surface area contributed by atoms with E-state index in [0.717, 1.165) is 5.75 Å². The Balaban J connectivity index is 2.04. The molecule has 0 bridgehead atoms. The molecule has 0 unspecified atom stereocenters. The molecule has 0 saturated carbocycles. The van der Waals surface area contributed by atoms with Gasteiger partial charge in [-0.2, -0.15) is 0 Å². The fourth-order valence-electron chi connectivity index (χ4n) is 1.49. The molecule has 0 atom stereocenters. The quantitative estimate of drug-likeness (QED) is 0.914. The molecule has 1 aromatic carbocycles. The first kappa shape index (κ1) is 13.0. The maximum Gasteiger partial charge on any atom is 0.258 e. The molecule has 0 saturated heterocycles. The summed E-state index contributed by atoms with van der Waals surface area (Å²) in [5.41, 5.74) is 0.531. The van der Waals surface area contributed by atoms with Crippen LogP contribution < -0.4 is 10.1 Å². The van der Waals surface area contributed by atoms with Gasteiger partial charge < -0.3 is 4.74 Å². The Kier molecular flexibility index (Phi) is 4.07. The molecular weight excluding hydrogens is 242 g/mol. The van der Waals surface area contributed by atoms with Gasteiger partial charge in [0.1, 0.15) is 5.75 Å². The summed E-state index contributed by atoms with van der Waals surface area (Å²) in [5, 5.41) is 2.62. The van der Waals surface area contributed by atoms with Crippen LogP contribution in [-0.4, -0.2) is 22.0 Å². The van der Waals surface area contributed by atoms with Crippen LogP contribution >= 0.6 is 0 Å². The van der Waals surface area contributed by atoms with E-state index < -0.39 is 0 Å². The summed E-state index contributed by atoms with van der Waals surface area (Å²) in [4.78, 5) is 19.8. The van der Waals surface area contributed by atoms with Crippen molar-refractivity contribution < 1.29 is 9.53 Å². The van der Waals surface area contributed by atoms with E-state index >= 15 is 0 Å². The third-order valence-electron chi connectivity index (χ3n) is 2.28. The fraction of sp³-hybridized carbons (Fsp3) is 0.214. The van der Waals surface area contributed by atoms with Gasteiger partial charge in [-0.15, -0.1) is 0 Å². The molecule has 0 aliphatic carbocycles. The second kappa shape index (κ2) is 5.95. The van der Waals surface area contributed by atoms with E-state index in [0.29, 0.717) is 5.56 Å². The second-order valence-electron chi connectivity index (χ2n) is 4.22. The summed E-state index contributed by atoms with van der Waals surface area (Å²) in [6.07, 6.45) is 3.25. The van der Waals surface area contributed by atoms with Crippen molar-refractivity contribution in [3.8, 4) is 5.75 Å². The molecule has 0 spiro atoms. The summed E-state index contributed by atoms with van der Waals surface area (Å²) >= 11 is 0. The van der Waals surface area contributed by atoms with Gasteiger partial charge in [0.05, 0.1) is 6.10 Å². The number of aromatic nitrogens is 2. The Morgan fingerprint density at radius 1 is 1.16 bits per heavy atom. The van der Waals surface area contributed by atoms with Crippen LogP contribution in [0.1, 0.15) is 24.2 Å². The summed E-state index contributed by atoms with van der Waals surface area (Å²) in [6, 6.07) is 8.63. The molecule has 5 heteroatoms.